The first-order valence-corrected chi connectivity index (χ1v) is 7.49. The zero-order chi connectivity index (χ0) is 13.0. The van der Waals surface area contributed by atoms with Crippen LogP contribution < -0.4 is 5.73 Å². The fourth-order valence-electron chi connectivity index (χ4n) is 2.44. The second-order valence-corrected chi connectivity index (χ2v) is 5.99. The van der Waals surface area contributed by atoms with Crippen LogP contribution in [0.1, 0.15) is 24.0 Å². The van der Waals surface area contributed by atoms with Gasteiger partial charge < -0.3 is 10.5 Å². The maximum atomic E-state index is 5.55. The number of nitrogens with zero attached hydrogens (tertiary/aromatic N) is 2. The fourth-order valence-corrected chi connectivity index (χ4v) is 3.24. The lowest BCUT2D eigenvalue weighted by Gasteiger charge is -2.35. The van der Waals surface area contributed by atoms with E-state index < -0.39 is 0 Å². The van der Waals surface area contributed by atoms with Gasteiger partial charge in [-0.15, -0.1) is 11.3 Å². The SMILES string of the molecule is COC1CN(Cc2csc(CCN)n2)CCC1C. The zero-order valence-electron chi connectivity index (χ0n) is 11.3. The highest BCUT2D eigenvalue weighted by molar-refractivity contribution is 7.09. The van der Waals surface area contributed by atoms with E-state index >= 15 is 0 Å². The summed E-state index contributed by atoms with van der Waals surface area (Å²) in [6.07, 6.45) is 2.46. The molecule has 1 aromatic heterocycles. The van der Waals surface area contributed by atoms with Gasteiger partial charge in [-0.2, -0.15) is 0 Å². The molecule has 0 saturated carbocycles. The lowest BCUT2D eigenvalue weighted by molar-refractivity contribution is -0.00774. The number of rotatable bonds is 5. The van der Waals surface area contributed by atoms with Crippen LogP contribution >= 0.6 is 11.3 Å². The molecule has 0 amide bonds. The highest BCUT2D eigenvalue weighted by atomic mass is 32.1. The second kappa shape index (κ2) is 6.61. The molecule has 1 fully saturated rings. The van der Waals surface area contributed by atoms with Crippen LogP contribution in [0.3, 0.4) is 0 Å². The highest BCUT2D eigenvalue weighted by Gasteiger charge is 2.26. The first-order chi connectivity index (χ1) is 8.72. The van der Waals surface area contributed by atoms with Gasteiger partial charge in [-0.1, -0.05) is 6.92 Å². The Morgan fingerprint density at radius 1 is 1.61 bits per heavy atom. The molecule has 0 bridgehead atoms. The van der Waals surface area contributed by atoms with Gasteiger partial charge in [-0.25, -0.2) is 4.98 Å². The third kappa shape index (κ3) is 3.51. The molecule has 2 rings (SSSR count). The monoisotopic (exact) mass is 269 g/mol. The normalized spacial score (nSPS) is 25.5. The van der Waals surface area contributed by atoms with E-state index in [-0.39, 0.29) is 0 Å². The molecule has 0 aliphatic carbocycles. The Bertz CT molecular complexity index is 369. The standard InChI is InChI=1S/C13H23N3OS/c1-10-4-6-16(8-12(10)17-2)7-11-9-18-13(15-11)3-5-14/h9-10,12H,3-8,14H2,1-2H3. The molecule has 1 saturated heterocycles. The van der Waals surface area contributed by atoms with Crippen molar-refractivity contribution in [2.75, 3.05) is 26.7 Å². The number of nitrogens with two attached hydrogens (primary N) is 1. The lowest BCUT2D eigenvalue weighted by atomic mass is 9.96. The third-order valence-electron chi connectivity index (χ3n) is 3.62. The number of likely N-dealkylation sites (tertiary alicyclic amines) is 1. The molecule has 102 valence electrons. The third-order valence-corrected chi connectivity index (χ3v) is 4.58. The predicted octanol–water partition coefficient (Wildman–Crippen LogP) is 1.50. The molecular weight excluding hydrogens is 246 g/mol. The van der Waals surface area contributed by atoms with E-state index in [0.717, 1.165) is 31.1 Å². The topological polar surface area (TPSA) is 51.4 Å². The Labute approximate surface area is 113 Å². The molecule has 4 nitrogen and oxygen atoms in total. The summed E-state index contributed by atoms with van der Waals surface area (Å²) in [7, 11) is 1.81. The minimum atomic E-state index is 0.362. The maximum absolute atomic E-state index is 5.55. The summed E-state index contributed by atoms with van der Waals surface area (Å²) in [5, 5.41) is 3.31. The summed E-state index contributed by atoms with van der Waals surface area (Å²) >= 11 is 1.72. The molecule has 5 heteroatoms. The largest absolute Gasteiger partial charge is 0.380 e. The smallest absolute Gasteiger partial charge is 0.0941 e. The molecule has 0 aromatic carbocycles. The molecule has 0 spiro atoms. The number of aromatic nitrogens is 1. The Hall–Kier alpha value is -0.490. The molecule has 2 heterocycles. The molecule has 1 aliphatic heterocycles. The lowest BCUT2D eigenvalue weighted by Crippen LogP contribution is -2.43. The molecule has 1 aliphatic rings. The first kappa shape index (κ1) is 13.9. The van der Waals surface area contributed by atoms with Crippen molar-refractivity contribution in [1.82, 2.24) is 9.88 Å². The van der Waals surface area contributed by atoms with Crippen LogP contribution in [-0.4, -0.2) is 42.7 Å². The van der Waals surface area contributed by atoms with Gasteiger partial charge in [0.1, 0.15) is 0 Å². The van der Waals surface area contributed by atoms with Crippen LogP contribution in [0.15, 0.2) is 5.38 Å². The van der Waals surface area contributed by atoms with Crippen molar-refractivity contribution < 1.29 is 4.74 Å². The minimum Gasteiger partial charge on any atom is -0.380 e. The summed E-state index contributed by atoms with van der Waals surface area (Å²) in [5.41, 5.74) is 6.72. The highest BCUT2D eigenvalue weighted by Crippen LogP contribution is 2.21. The first-order valence-electron chi connectivity index (χ1n) is 6.61. The van der Waals surface area contributed by atoms with E-state index in [9.17, 15) is 0 Å². The summed E-state index contributed by atoms with van der Waals surface area (Å²) in [6, 6.07) is 0. The average molecular weight is 269 g/mol. The maximum Gasteiger partial charge on any atom is 0.0941 e. The van der Waals surface area contributed by atoms with Crippen molar-refractivity contribution >= 4 is 11.3 Å². The summed E-state index contributed by atoms with van der Waals surface area (Å²) in [4.78, 5) is 7.06. The Morgan fingerprint density at radius 3 is 3.17 bits per heavy atom. The van der Waals surface area contributed by atoms with E-state index in [0.29, 0.717) is 18.6 Å². The number of hydrogen-bond acceptors (Lipinski definition) is 5. The fraction of sp³-hybridized carbons (Fsp3) is 0.769. The number of ether oxygens (including phenoxy) is 1. The van der Waals surface area contributed by atoms with Gasteiger partial charge >= 0.3 is 0 Å². The van der Waals surface area contributed by atoms with E-state index in [1.54, 1.807) is 11.3 Å². The van der Waals surface area contributed by atoms with Crippen LogP contribution in [0.5, 0.6) is 0 Å². The van der Waals surface area contributed by atoms with Gasteiger partial charge in [0, 0.05) is 32.0 Å². The minimum absolute atomic E-state index is 0.362. The number of methoxy groups -OCH3 is 1. The van der Waals surface area contributed by atoms with Gasteiger partial charge in [-0.05, 0) is 25.4 Å². The van der Waals surface area contributed by atoms with Crippen molar-refractivity contribution in [3.8, 4) is 0 Å². The second-order valence-electron chi connectivity index (χ2n) is 5.05. The summed E-state index contributed by atoms with van der Waals surface area (Å²) in [6.45, 7) is 6.05. The Kier molecular flexibility index (Phi) is 5.12. The summed E-state index contributed by atoms with van der Waals surface area (Å²) in [5.74, 6) is 0.662. The van der Waals surface area contributed by atoms with Crippen molar-refractivity contribution in [3.63, 3.8) is 0 Å². The van der Waals surface area contributed by atoms with Crippen LogP contribution in [0, 0.1) is 5.92 Å². The van der Waals surface area contributed by atoms with Crippen molar-refractivity contribution in [1.29, 1.82) is 0 Å². The van der Waals surface area contributed by atoms with Crippen molar-refractivity contribution in [3.05, 3.63) is 16.1 Å². The number of hydrogen-bond donors (Lipinski definition) is 1. The van der Waals surface area contributed by atoms with E-state index in [2.05, 4.69) is 22.2 Å². The van der Waals surface area contributed by atoms with Crippen molar-refractivity contribution in [2.24, 2.45) is 11.7 Å². The Morgan fingerprint density at radius 2 is 2.44 bits per heavy atom. The van der Waals surface area contributed by atoms with Gasteiger partial charge in [0.15, 0.2) is 0 Å². The van der Waals surface area contributed by atoms with Gasteiger partial charge in [0.2, 0.25) is 0 Å². The molecule has 2 unspecified atom stereocenters. The Balaban J connectivity index is 1.88. The molecular formula is C13H23N3OS. The molecule has 2 atom stereocenters. The van der Waals surface area contributed by atoms with Crippen LogP contribution in [-0.2, 0) is 17.7 Å². The summed E-state index contributed by atoms with van der Waals surface area (Å²) < 4.78 is 5.54. The zero-order valence-corrected chi connectivity index (χ0v) is 12.1. The van der Waals surface area contributed by atoms with E-state index in [4.69, 9.17) is 10.5 Å². The molecule has 0 radical (unpaired) electrons. The van der Waals surface area contributed by atoms with Gasteiger partial charge in [0.05, 0.1) is 16.8 Å². The van der Waals surface area contributed by atoms with Crippen LogP contribution in [0.2, 0.25) is 0 Å². The molecule has 2 N–H and O–H groups in total. The van der Waals surface area contributed by atoms with Gasteiger partial charge in [-0.3, -0.25) is 4.90 Å². The number of thiazole rings is 1. The van der Waals surface area contributed by atoms with Crippen LogP contribution in [0.4, 0.5) is 0 Å². The van der Waals surface area contributed by atoms with E-state index in [1.165, 1.54) is 12.1 Å². The molecule has 1 aromatic rings. The number of piperidine rings is 1. The predicted molar refractivity (Wildman–Crippen MR) is 74.7 cm³/mol. The quantitative estimate of drug-likeness (QED) is 0.880. The average Bonchev–Trinajstić information content (AvgIpc) is 2.80. The van der Waals surface area contributed by atoms with Gasteiger partial charge in [0.25, 0.3) is 0 Å². The van der Waals surface area contributed by atoms with E-state index in [1.807, 2.05) is 7.11 Å². The molecule has 18 heavy (non-hydrogen) atoms. The van der Waals surface area contributed by atoms with Crippen molar-refractivity contribution in [2.45, 2.75) is 32.4 Å². The van der Waals surface area contributed by atoms with Crippen LogP contribution in [0.25, 0.3) is 0 Å².